The Bertz CT molecular complexity index is 709. The van der Waals surface area contributed by atoms with Gasteiger partial charge in [0.25, 0.3) is 0 Å². The second kappa shape index (κ2) is 9.72. The van der Waals surface area contributed by atoms with Gasteiger partial charge in [0.1, 0.15) is 0 Å². The number of nitrogens with zero attached hydrogens (tertiary/aromatic N) is 3. The molecule has 2 unspecified atom stereocenters. The summed E-state index contributed by atoms with van der Waals surface area (Å²) >= 11 is 1.77. The fraction of sp³-hybridized carbons (Fsp3) is 0.611. The summed E-state index contributed by atoms with van der Waals surface area (Å²) < 4.78 is 4.88. The molecule has 150 valence electrons. The number of rotatable bonds is 3. The van der Waals surface area contributed by atoms with Gasteiger partial charge in [0, 0.05) is 38.1 Å². The number of thiophene rings is 1. The van der Waals surface area contributed by atoms with Crippen LogP contribution in [0.5, 0.6) is 0 Å². The first-order valence-corrected chi connectivity index (χ1v) is 9.78. The molecule has 0 saturated carbocycles. The third-order valence-corrected chi connectivity index (χ3v) is 6.21. The number of nitrogens with one attached hydrogen (secondary N) is 1. The Morgan fingerprint density at radius 2 is 2.15 bits per heavy atom. The smallest absolute Gasteiger partial charge is 0.310 e. The first-order chi connectivity index (χ1) is 12.5. The predicted octanol–water partition coefficient (Wildman–Crippen LogP) is 1.57. The van der Waals surface area contributed by atoms with Crippen LogP contribution in [-0.4, -0.2) is 68.0 Å². The van der Waals surface area contributed by atoms with Gasteiger partial charge in [-0.25, -0.2) is 0 Å². The van der Waals surface area contributed by atoms with Crippen LogP contribution in [0.15, 0.2) is 16.4 Å². The number of esters is 1. The molecule has 0 aliphatic carbocycles. The van der Waals surface area contributed by atoms with Crippen molar-refractivity contribution >= 4 is 53.1 Å². The summed E-state index contributed by atoms with van der Waals surface area (Å²) in [6.07, 6.45) is 0.928. The van der Waals surface area contributed by atoms with Crippen molar-refractivity contribution in [2.75, 3.05) is 40.3 Å². The molecule has 7 nitrogen and oxygen atoms in total. The van der Waals surface area contributed by atoms with Crippen LogP contribution in [0.25, 0.3) is 0 Å². The van der Waals surface area contributed by atoms with Crippen LogP contribution in [0.3, 0.4) is 0 Å². The van der Waals surface area contributed by atoms with E-state index in [0.717, 1.165) is 19.5 Å². The van der Waals surface area contributed by atoms with Gasteiger partial charge < -0.3 is 19.9 Å². The summed E-state index contributed by atoms with van der Waals surface area (Å²) in [6.45, 7) is 4.96. The second-order valence-corrected chi connectivity index (χ2v) is 7.85. The van der Waals surface area contributed by atoms with Crippen molar-refractivity contribution in [1.29, 1.82) is 0 Å². The average Bonchev–Trinajstić information content (AvgIpc) is 3.27. The Kier molecular flexibility index (Phi) is 7.90. The fourth-order valence-corrected chi connectivity index (χ4v) is 4.55. The maximum Gasteiger partial charge on any atom is 0.310 e. The van der Waals surface area contributed by atoms with Crippen molar-refractivity contribution in [3.05, 3.63) is 21.9 Å². The summed E-state index contributed by atoms with van der Waals surface area (Å²) in [6, 6.07) is 2.10. The highest BCUT2D eigenvalue weighted by atomic mass is 127. The maximum absolute atomic E-state index is 12.6. The number of ether oxygens (including phenoxy) is 1. The standard InChI is InChI=1S/C18H26N4O3S.HI/c1-12-9-22(11-14(12)17(24)25-3)18(19-2)20-8-16(23)21-6-4-15-13(10-21)5-7-26-15;/h5,7,12,14H,4,6,8-11H2,1-3H3,(H,19,20);1H. The van der Waals surface area contributed by atoms with Crippen molar-refractivity contribution < 1.29 is 14.3 Å². The molecule has 1 N–H and O–H groups in total. The van der Waals surface area contributed by atoms with E-state index in [4.69, 9.17) is 4.74 Å². The monoisotopic (exact) mass is 506 g/mol. The lowest BCUT2D eigenvalue weighted by molar-refractivity contribution is -0.146. The summed E-state index contributed by atoms with van der Waals surface area (Å²) in [5.41, 5.74) is 1.26. The molecule has 0 bridgehead atoms. The number of carbonyl (C=O) groups excluding carboxylic acids is 2. The number of amides is 1. The van der Waals surface area contributed by atoms with Crippen LogP contribution in [0, 0.1) is 11.8 Å². The van der Waals surface area contributed by atoms with Crippen LogP contribution in [0.4, 0.5) is 0 Å². The molecular formula is C18H27IN4O3S. The van der Waals surface area contributed by atoms with E-state index in [0.29, 0.717) is 19.0 Å². The maximum atomic E-state index is 12.6. The zero-order valence-corrected chi connectivity index (χ0v) is 19.1. The number of fused-ring (bicyclic) bond motifs is 1. The minimum absolute atomic E-state index is 0. The number of likely N-dealkylation sites (tertiary alicyclic amines) is 1. The molecule has 1 fully saturated rings. The van der Waals surface area contributed by atoms with Crippen LogP contribution in [0.1, 0.15) is 17.4 Å². The minimum Gasteiger partial charge on any atom is -0.469 e. The molecule has 0 spiro atoms. The molecule has 2 aliphatic heterocycles. The minimum atomic E-state index is -0.189. The number of aliphatic imine (C=N–C) groups is 1. The molecule has 2 aliphatic rings. The molecule has 2 atom stereocenters. The van der Waals surface area contributed by atoms with Crippen molar-refractivity contribution in [3.8, 4) is 0 Å². The molecule has 0 aromatic carbocycles. The lowest BCUT2D eigenvalue weighted by Crippen LogP contribution is -2.47. The third kappa shape index (κ3) is 4.92. The summed E-state index contributed by atoms with van der Waals surface area (Å²) in [5, 5.41) is 5.25. The van der Waals surface area contributed by atoms with E-state index in [1.54, 1.807) is 18.4 Å². The highest BCUT2D eigenvalue weighted by molar-refractivity contribution is 14.0. The Morgan fingerprint density at radius 3 is 2.85 bits per heavy atom. The quantitative estimate of drug-likeness (QED) is 0.292. The Labute approximate surface area is 181 Å². The summed E-state index contributed by atoms with van der Waals surface area (Å²) in [5.74, 6) is 0.570. The molecule has 27 heavy (non-hydrogen) atoms. The Morgan fingerprint density at radius 1 is 1.37 bits per heavy atom. The van der Waals surface area contributed by atoms with Gasteiger partial charge in [0.05, 0.1) is 19.6 Å². The Hall–Kier alpha value is -1.36. The van der Waals surface area contributed by atoms with Crippen LogP contribution >= 0.6 is 35.3 Å². The molecule has 9 heteroatoms. The van der Waals surface area contributed by atoms with E-state index in [2.05, 4.69) is 21.8 Å². The molecule has 0 radical (unpaired) electrons. The van der Waals surface area contributed by atoms with E-state index in [1.165, 1.54) is 17.6 Å². The van der Waals surface area contributed by atoms with Crippen LogP contribution in [-0.2, 0) is 27.3 Å². The summed E-state index contributed by atoms with van der Waals surface area (Å²) in [4.78, 5) is 34.0. The third-order valence-electron chi connectivity index (χ3n) is 5.19. The first-order valence-electron chi connectivity index (χ1n) is 8.90. The van der Waals surface area contributed by atoms with E-state index in [-0.39, 0.29) is 54.2 Å². The van der Waals surface area contributed by atoms with Gasteiger partial charge in [-0.1, -0.05) is 6.92 Å². The lowest BCUT2D eigenvalue weighted by atomic mass is 9.99. The number of guanidine groups is 1. The van der Waals surface area contributed by atoms with Crippen molar-refractivity contribution in [2.45, 2.75) is 19.9 Å². The zero-order chi connectivity index (χ0) is 18.7. The number of methoxy groups -OCH3 is 1. The number of halogens is 1. The van der Waals surface area contributed by atoms with E-state index >= 15 is 0 Å². The SMILES string of the molecule is CN=C(NCC(=O)N1CCc2sccc2C1)N1CC(C)C(C(=O)OC)C1.I. The molecule has 3 rings (SSSR count). The van der Waals surface area contributed by atoms with Crippen LogP contribution < -0.4 is 5.32 Å². The largest absolute Gasteiger partial charge is 0.469 e. The molecule has 1 aromatic rings. The average molecular weight is 506 g/mol. The Balaban J connectivity index is 0.00000261. The van der Waals surface area contributed by atoms with E-state index in [1.807, 2.05) is 16.7 Å². The van der Waals surface area contributed by atoms with Crippen molar-refractivity contribution in [3.63, 3.8) is 0 Å². The highest BCUT2D eigenvalue weighted by Crippen LogP contribution is 2.25. The van der Waals surface area contributed by atoms with Gasteiger partial charge in [0.2, 0.25) is 5.91 Å². The number of hydrogen-bond donors (Lipinski definition) is 1. The van der Waals surface area contributed by atoms with Crippen molar-refractivity contribution in [1.82, 2.24) is 15.1 Å². The predicted molar refractivity (Wildman–Crippen MR) is 116 cm³/mol. The molecule has 1 saturated heterocycles. The van der Waals surface area contributed by atoms with E-state index in [9.17, 15) is 9.59 Å². The molecule has 1 amide bonds. The number of hydrogen-bond acceptors (Lipinski definition) is 5. The highest BCUT2D eigenvalue weighted by Gasteiger charge is 2.37. The van der Waals surface area contributed by atoms with Gasteiger partial charge in [-0.05, 0) is 29.3 Å². The van der Waals surface area contributed by atoms with Crippen LogP contribution in [0.2, 0.25) is 0 Å². The lowest BCUT2D eigenvalue weighted by Gasteiger charge is -2.28. The van der Waals surface area contributed by atoms with Gasteiger partial charge in [-0.3, -0.25) is 14.6 Å². The summed E-state index contributed by atoms with van der Waals surface area (Å²) in [7, 11) is 3.11. The zero-order valence-electron chi connectivity index (χ0n) is 15.9. The topological polar surface area (TPSA) is 74.2 Å². The molecule has 1 aromatic heterocycles. The van der Waals surface area contributed by atoms with E-state index < -0.39 is 0 Å². The molecule has 3 heterocycles. The molecular weight excluding hydrogens is 479 g/mol. The van der Waals surface area contributed by atoms with Gasteiger partial charge >= 0.3 is 5.97 Å². The van der Waals surface area contributed by atoms with Gasteiger partial charge in [-0.15, -0.1) is 35.3 Å². The van der Waals surface area contributed by atoms with Gasteiger partial charge in [0.15, 0.2) is 5.96 Å². The normalized spacial score (nSPS) is 22.1. The van der Waals surface area contributed by atoms with Gasteiger partial charge in [-0.2, -0.15) is 0 Å². The second-order valence-electron chi connectivity index (χ2n) is 6.85. The van der Waals surface area contributed by atoms with Crippen molar-refractivity contribution in [2.24, 2.45) is 16.8 Å². The first kappa shape index (κ1) is 21.9. The fourth-order valence-electron chi connectivity index (χ4n) is 3.66. The number of carbonyl (C=O) groups is 2.